The summed E-state index contributed by atoms with van der Waals surface area (Å²) in [4.78, 5) is 11.8. The van der Waals surface area contributed by atoms with Gasteiger partial charge in [-0.2, -0.15) is 0 Å². The van der Waals surface area contributed by atoms with Crippen LogP contribution in [0.25, 0.3) is 0 Å². The standard InChI is InChI=1S/C10H13ClN2O3S2.ClH/c11-8-1-2-9(17-8)18(15,16)13-10(14)7-3-5-12-6-4-7;/h1-2,7,12H,3-6H2,(H,13,14);1H. The van der Waals surface area contributed by atoms with Gasteiger partial charge in [0.05, 0.1) is 4.34 Å². The van der Waals surface area contributed by atoms with E-state index in [4.69, 9.17) is 11.6 Å². The van der Waals surface area contributed by atoms with E-state index in [0.717, 1.165) is 24.4 Å². The molecule has 1 aliphatic rings. The molecule has 1 aromatic heterocycles. The minimum atomic E-state index is -3.77. The minimum absolute atomic E-state index is 0. The number of thiophene rings is 1. The molecule has 1 fully saturated rings. The second kappa shape index (κ2) is 6.90. The first kappa shape index (κ1) is 16.7. The molecule has 0 radical (unpaired) electrons. The Kier molecular flexibility index (Phi) is 6.07. The van der Waals surface area contributed by atoms with E-state index < -0.39 is 15.9 Å². The lowest BCUT2D eigenvalue weighted by Gasteiger charge is -2.21. The third kappa shape index (κ3) is 4.32. The van der Waals surface area contributed by atoms with E-state index in [1.54, 1.807) is 0 Å². The summed E-state index contributed by atoms with van der Waals surface area (Å²) >= 11 is 6.62. The van der Waals surface area contributed by atoms with Crippen molar-refractivity contribution >= 4 is 51.3 Å². The maximum absolute atomic E-state index is 11.9. The molecule has 1 aromatic rings. The summed E-state index contributed by atoms with van der Waals surface area (Å²) in [5, 5.41) is 3.12. The maximum Gasteiger partial charge on any atom is 0.273 e. The molecule has 108 valence electrons. The van der Waals surface area contributed by atoms with Crippen molar-refractivity contribution in [3.05, 3.63) is 16.5 Å². The van der Waals surface area contributed by atoms with Gasteiger partial charge in [-0.05, 0) is 38.1 Å². The lowest BCUT2D eigenvalue weighted by Crippen LogP contribution is -2.40. The van der Waals surface area contributed by atoms with E-state index in [9.17, 15) is 13.2 Å². The summed E-state index contributed by atoms with van der Waals surface area (Å²) in [6.07, 6.45) is 1.32. The van der Waals surface area contributed by atoms with Crippen LogP contribution in [-0.4, -0.2) is 27.4 Å². The smallest absolute Gasteiger partial charge is 0.273 e. The van der Waals surface area contributed by atoms with Crippen LogP contribution >= 0.6 is 35.3 Å². The van der Waals surface area contributed by atoms with Crippen LogP contribution in [0.5, 0.6) is 0 Å². The Hall–Kier alpha value is -0.340. The number of sulfonamides is 1. The van der Waals surface area contributed by atoms with Gasteiger partial charge in [-0.25, -0.2) is 13.1 Å². The molecule has 1 amide bonds. The van der Waals surface area contributed by atoms with Crippen LogP contribution in [0.15, 0.2) is 16.3 Å². The van der Waals surface area contributed by atoms with Crippen molar-refractivity contribution < 1.29 is 13.2 Å². The lowest BCUT2D eigenvalue weighted by atomic mass is 9.98. The molecule has 2 heterocycles. The molecule has 9 heteroatoms. The molecular formula is C10H14Cl2N2O3S2. The van der Waals surface area contributed by atoms with Crippen LogP contribution in [0.2, 0.25) is 4.34 Å². The molecule has 1 saturated heterocycles. The molecule has 0 saturated carbocycles. The summed E-state index contributed by atoms with van der Waals surface area (Å²) in [7, 11) is -3.77. The number of rotatable bonds is 3. The van der Waals surface area contributed by atoms with Crippen molar-refractivity contribution in [2.45, 2.75) is 17.1 Å². The Morgan fingerprint density at radius 1 is 1.37 bits per heavy atom. The van der Waals surface area contributed by atoms with Gasteiger partial charge >= 0.3 is 0 Å². The second-order valence-electron chi connectivity index (χ2n) is 4.05. The van der Waals surface area contributed by atoms with Crippen molar-refractivity contribution in [3.63, 3.8) is 0 Å². The van der Waals surface area contributed by atoms with Crippen molar-refractivity contribution in [2.24, 2.45) is 5.92 Å². The van der Waals surface area contributed by atoms with Gasteiger partial charge in [-0.3, -0.25) is 4.79 Å². The molecule has 2 N–H and O–H groups in total. The third-order valence-electron chi connectivity index (χ3n) is 2.76. The second-order valence-corrected chi connectivity index (χ2v) is 7.68. The van der Waals surface area contributed by atoms with Gasteiger partial charge in [0, 0.05) is 5.92 Å². The fourth-order valence-electron chi connectivity index (χ4n) is 1.79. The highest BCUT2D eigenvalue weighted by Gasteiger charge is 2.26. The average molecular weight is 345 g/mol. The summed E-state index contributed by atoms with van der Waals surface area (Å²) in [5.74, 6) is -0.669. The van der Waals surface area contributed by atoms with Gasteiger partial charge in [0.2, 0.25) is 5.91 Å². The van der Waals surface area contributed by atoms with Gasteiger partial charge in [-0.1, -0.05) is 11.6 Å². The topological polar surface area (TPSA) is 75.3 Å². The number of carbonyl (C=O) groups excluding carboxylic acids is 1. The summed E-state index contributed by atoms with van der Waals surface area (Å²) in [6.45, 7) is 1.48. The highest BCUT2D eigenvalue weighted by molar-refractivity contribution is 7.92. The molecular weight excluding hydrogens is 331 g/mol. The van der Waals surface area contributed by atoms with Crippen LogP contribution in [0.3, 0.4) is 0 Å². The predicted octanol–water partition coefficient (Wildman–Crippen LogP) is 1.63. The zero-order valence-electron chi connectivity index (χ0n) is 9.89. The van der Waals surface area contributed by atoms with Crippen molar-refractivity contribution in [1.29, 1.82) is 0 Å². The van der Waals surface area contributed by atoms with Crippen molar-refractivity contribution in [1.82, 2.24) is 10.0 Å². The van der Waals surface area contributed by atoms with E-state index in [1.807, 2.05) is 0 Å². The van der Waals surface area contributed by atoms with Crippen LogP contribution in [0.1, 0.15) is 12.8 Å². The van der Waals surface area contributed by atoms with Crippen LogP contribution in [0.4, 0.5) is 0 Å². The molecule has 0 atom stereocenters. The minimum Gasteiger partial charge on any atom is -0.317 e. The molecule has 0 spiro atoms. The van der Waals surface area contributed by atoms with Gasteiger partial charge < -0.3 is 5.32 Å². The van der Waals surface area contributed by atoms with Gasteiger partial charge in [0.1, 0.15) is 4.21 Å². The van der Waals surface area contributed by atoms with E-state index in [1.165, 1.54) is 12.1 Å². The number of amides is 1. The summed E-state index contributed by atoms with van der Waals surface area (Å²) < 4.78 is 26.4. The molecule has 0 unspecified atom stereocenters. The molecule has 19 heavy (non-hydrogen) atoms. The van der Waals surface area contributed by atoms with E-state index >= 15 is 0 Å². The van der Waals surface area contributed by atoms with Gasteiger partial charge in [-0.15, -0.1) is 23.7 Å². The molecule has 0 aromatic carbocycles. The first-order valence-electron chi connectivity index (χ1n) is 5.52. The maximum atomic E-state index is 11.9. The predicted molar refractivity (Wildman–Crippen MR) is 77.5 cm³/mol. The first-order chi connectivity index (χ1) is 8.49. The number of hydrogen-bond acceptors (Lipinski definition) is 5. The Morgan fingerprint density at radius 2 is 2.00 bits per heavy atom. The zero-order chi connectivity index (χ0) is 13.2. The Morgan fingerprint density at radius 3 is 2.53 bits per heavy atom. The summed E-state index contributed by atoms with van der Waals surface area (Å²) in [6, 6.07) is 2.89. The van der Waals surface area contributed by atoms with Crippen LogP contribution in [0, 0.1) is 5.92 Å². The van der Waals surface area contributed by atoms with Crippen molar-refractivity contribution in [2.75, 3.05) is 13.1 Å². The van der Waals surface area contributed by atoms with Crippen LogP contribution in [-0.2, 0) is 14.8 Å². The number of piperidine rings is 1. The molecule has 1 aliphatic heterocycles. The monoisotopic (exact) mass is 344 g/mol. The highest BCUT2D eigenvalue weighted by Crippen LogP contribution is 2.25. The molecule has 5 nitrogen and oxygen atoms in total. The number of halogens is 2. The molecule has 2 rings (SSSR count). The Labute approximate surface area is 127 Å². The van der Waals surface area contributed by atoms with Crippen LogP contribution < -0.4 is 10.0 Å². The fraction of sp³-hybridized carbons (Fsp3) is 0.500. The SMILES string of the molecule is Cl.O=C(NS(=O)(=O)c1ccc(Cl)s1)C1CCNCC1. The third-order valence-corrected chi connectivity index (χ3v) is 5.83. The van der Waals surface area contributed by atoms with E-state index in [2.05, 4.69) is 10.0 Å². The highest BCUT2D eigenvalue weighted by atomic mass is 35.5. The zero-order valence-corrected chi connectivity index (χ0v) is 13.1. The quantitative estimate of drug-likeness (QED) is 0.873. The number of hydrogen-bond donors (Lipinski definition) is 2. The van der Waals surface area contributed by atoms with Gasteiger partial charge in [0.25, 0.3) is 10.0 Å². The molecule has 0 bridgehead atoms. The number of carbonyl (C=O) groups is 1. The van der Waals surface area contributed by atoms with E-state index in [-0.39, 0.29) is 22.5 Å². The largest absolute Gasteiger partial charge is 0.317 e. The Balaban J connectivity index is 0.00000180. The fourth-order valence-corrected chi connectivity index (χ4v) is 4.32. The van der Waals surface area contributed by atoms with E-state index in [0.29, 0.717) is 17.2 Å². The normalized spacial score (nSPS) is 16.7. The molecule has 0 aliphatic carbocycles. The Bertz CT molecular complexity index is 539. The van der Waals surface area contributed by atoms with Gasteiger partial charge in [0.15, 0.2) is 0 Å². The van der Waals surface area contributed by atoms with Crippen molar-refractivity contribution in [3.8, 4) is 0 Å². The lowest BCUT2D eigenvalue weighted by molar-refractivity contribution is -0.123. The average Bonchev–Trinajstić information content (AvgIpc) is 2.77. The first-order valence-corrected chi connectivity index (χ1v) is 8.19. The summed E-state index contributed by atoms with van der Waals surface area (Å²) in [5.41, 5.74) is 0. The number of nitrogens with one attached hydrogen (secondary N) is 2.